The van der Waals surface area contributed by atoms with E-state index in [2.05, 4.69) is 5.32 Å². The van der Waals surface area contributed by atoms with Crippen molar-refractivity contribution in [1.82, 2.24) is 5.32 Å². The summed E-state index contributed by atoms with van der Waals surface area (Å²) in [6.45, 7) is -0.932. The van der Waals surface area contributed by atoms with Crippen LogP contribution in [0.4, 0.5) is 12.9 Å². The van der Waals surface area contributed by atoms with Crippen molar-refractivity contribution in [3.63, 3.8) is 0 Å². The van der Waals surface area contributed by atoms with Gasteiger partial charge in [-0.15, -0.1) is 0 Å². The molecule has 0 bridgehead atoms. The van der Waals surface area contributed by atoms with E-state index in [4.69, 9.17) is 0 Å². The molecule has 6 heteroatoms. The summed E-state index contributed by atoms with van der Waals surface area (Å²) in [5, 5.41) is 2.43. The molecule has 1 atom stereocenters. The molecule has 0 fully saturated rings. The van der Waals surface area contributed by atoms with Gasteiger partial charge < -0.3 is 18.3 Å². The van der Waals surface area contributed by atoms with Gasteiger partial charge in [0.1, 0.15) is 0 Å². The molecule has 0 radical (unpaired) electrons. The molecule has 0 rings (SSSR count). The SMILES string of the molecule is CCCC(C)NC[B-](F)(F)F.[K+]. The Hall–Kier alpha value is 1.45. The van der Waals surface area contributed by atoms with Crippen LogP contribution in [0.25, 0.3) is 0 Å². The van der Waals surface area contributed by atoms with Gasteiger partial charge in [0.2, 0.25) is 0 Å². The van der Waals surface area contributed by atoms with Crippen LogP contribution in [0.5, 0.6) is 0 Å². The van der Waals surface area contributed by atoms with Gasteiger partial charge in [-0.3, -0.25) is 0 Å². The summed E-state index contributed by atoms with van der Waals surface area (Å²) in [7, 11) is 0. The molecule has 0 saturated carbocycles. The van der Waals surface area contributed by atoms with Crippen LogP contribution in [-0.2, 0) is 0 Å². The second kappa shape index (κ2) is 7.82. The quantitative estimate of drug-likeness (QED) is 0.579. The maximum absolute atomic E-state index is 11.7. The van der Waals surface area contributed by atoms with Crippen molar-refractivity contribution in [2.75, 3.05) is 6.44 Å². The van der Waals surface area contributed by atoms with E-state index in [0.29, 0.717) is 0 Å². The molecular formula is C6H14BF3KN. The van der Waals surface area contributed by atoms with Gasteiger partial charge in [-0.1, -0.05) is 13.3 Å². The van der Waals surface area contributed by atoms with E-state index in [1.807, 2.05) is 6.92 Å². The fourth-order valence-electron chi connectivity index (χ4n) is 0.870. The second-order valence-corrected chi connectivity index (χ2v) is 2.81. The van der Waals surface area contributed by atoms with E-state index >= 15 is 0 Å². The molecule has 0 saturated heterocycles. The Labute approximate surface area is 114 Å². The van der Waals surface area contributed by atoms with E-state index < -0.39 is 13.4 Å². The molecule has 0 amide bonds. The van der Waals surface area contributed by atoms with Crippen molar-refractivity contribution in [2.24, 2.45) is 0 Å². The Morgan fingerprint density at radius 3 is 2.17 bits per heavy atom. The number of hydrogen-bond donors (Lipinski definition) is 1. The zero-order valence-corrected chi connectivity index (χ0v) is 11.0. The molecule has 0 heterocycles. The van der Waals surface area contributed by atoms with Gasteiger partial charge in [0.05, 0.1) is 0 Å². The van der Waals surface area contributed by atoms with Gasteiger partial charge in [0, 0.05) is 6.04 Å². The van der Waals surface area contributed by atoms with Gasteiger partial charge in [-0.05, 0) is 19.8 Å². The van der Waals surface area contributed by atoms with Gasteiger partial charge >= 0.3 is 58.4 Å². The number of hydrogen-bond acceptors (Lipinski definition) is 1. The Morgan fingerprint density at radius 2 is 1.83 bits per heavy atom. The van der Waals surface area contributed by atoms with Crippen LogP contribution in [0.3, 0.4) is 0 Å². The van der Waals surface area contributed by atoms with Gasteiger partial charge in [0.25, 0.3) is 0 Å². The summed E-state index contributed by atoms with van der Waals surface area (Å²) >= 11 is 0. The predicted molar refractivity (Wildman–Crippen MR) is 41.5 cm³/mol. The molecule has 1 nitrogen and oxygen atoms in total. The first-order valence-corrected chi connectivity index (χ1v) is 3.90. The number of halogens is 3. The van der Waals surface area contributed by atoms with Crippen molar-refractivity contribution in [1.29, 1.82) is 0 Å². The summed E-state index contributed by atoms with van der Waals surface area (Å²) in [5.74, 6) is 0. The Balaban J connectivity index is 0. The fraction of sp³-hybridized carbons (Fsp3) is 1.00. The molecule has 68 valence electrons. The zero-order valence-electron chi connectivity index (χ0n) is 7.91. The van der Waals surface area contributed by atoms with E-state index in [0.717, 1.165) is 12.8 Å². The van der Waals surface area contributed by atoms with Crippen LogP contribution in [0.1, 0.15) is 26.7 Å². The van der Waals surface area contributed by atoms with Crippen molar-refractivity contribution in [2.45, 2.75) is 32.7 Å². The summed E-state index contributed by atoms with van der Waals surface area (Å²) in [6, 6.07) is -0.0245. The molecule has 0 spiro atoms. The van der Waals surface area contributed by atoms with Gasteiger partial charge in [0.15, 0.2) is 0 Å². The summed E-state index contributed by atoms with van der Waals surface area (Å²) < 4.78 is 35.0. The maximum Gasteiger partial charge on any atom is 1.00 e. The molecule has 0 aliphatic rings. The minimum atomic E-state index is -4.66. The van der Waals surface area contributed by atoms with E-state index in [-0.39, 0.29) is 57.4 Å². The normalized spacial score (nSPS) is 13.8. The molecule has 0 aromatic heterocycles. The summed E-state index contributed by atoms with van der Waals surface area (Å²) in [4.78, 5) is 0. The third-order valence-electron chi connectivity index (χ3n) is 1.42. The monoisotopic (exact) mass is 207 g/mol. The average molecular weight is 207 g/mol. The Bertz CT molecular complexity index is 109. The molecule has 0 aromatic carbocycles. The Morgan fingerprint density at radius 1 is 1.33 bits per heavy atom. The van der Waals surface area contributed by atoms with E-state index in [9.17, 15) is 12.9 Å². The molecule has 12 heavy (non-hydrogen) atoms. The summed E-state index contributed by atoms with van der Waals surface area (Å²) in [5.41, 5.74) is 0. The topological polar surface area (TPSA) is 12.0 Å². The molecule has 0 aromatic rings. The zero-order chi connectivity index (χ0) is 8.91. The van der Waals surface area contributed by atoms with E-state index in [1.165, 1.54) is 0 Å². The number of rotatable bonds is 5. The summed E-state index contributed by atoms with van der Waals surface area (Å²) in [6.07, 6.45) is 0.895. The van der Waals surface area contributed by atoms with Crippen LogP contribution in [-0.4, -0.2) is 19.5 Å². The first kappa shape index (κ1) is 15.9. The van der Waals surface area contributed by atoms with Crippen LogP contribution in [0, 0.1) is 0 Å². The largest absolute Gasteiger partial charge is 1.00 e. The van der Waals surface area contributed by atoms with Crippen molar-refractivity contribution in [3.8, 4) is 0 Å². The predicted octanol–water partition coefficient (Wildman–Crippen LogP) is -0.845. The Kier molecular flexibility index (Phi) is 10.4. The van der Waals surface area contributed by atoms with Crippen molar-refractivity contribution < 1.29 is 64.3 Å². The maximum atomic E-state index is 11.7. The van der Waals surface area contributed by atoms with E-state index in [1.54, 1.807) is 6.92 Å². The molecule has 0 aliphatic heterocycles. The van der Waals surface area contributed by atoms with Gasteiger partial charge in [-0.25, -0.2) is 0 Å². The van der Waals surface area contributed by atoms with Crippen LogP contribution in [0.2, 0.25) is 0 Å². The van der Waals surface area contributed by atoms with Gasteiger partial charge in [-0.2, -0.15) is 0 Å². The minimum absolute atomic E-state index is 0. The van der Waals surface area contributed by atoms with Crippen molar-refractivity contribution in [3.05, 3.63) is 0 Å². The third kappa shape index (κ3) is 11.5. The smallest absolute Gasteiger partial charge is 0.448 e. The first-order valence-electron chi connectivity index (χ1n) is 3.90. The standard InChI is InChI=1S/C6H14BF3N.K/c1-3-4-6(2)11-5-7(8,9)10;/h6,11H,3-5H2,1-2H3;/q-1;+1. The van der Waals surface area contributed by atoms with Crippen LogP contribution >= 0.6 is 0 Å². The first-order chi connectivity index (χ1) is 4.95. The molecule has 0 aliphatic carbocycles. The van der Waals surface area contributed by atoms with Crippen LogP contribution < -0.4 is 56.7 Å². The fourth-order valence-corrected chi connectivity index (χ4v) is 0.870. The van der Waals surface area contributed by atoms with Crippen molar-refractivity contribution >= 4 is 6.98 Å². The molecule has 1 unspecified atom stereocenters. The number of nitrogens with one attached hydrogen (secondary N) is 1. The van der Waals surface area contributed by atoms with Crippen LogP contribution in [0.15, 0.2) is 0 Å². The second-order valence-electron chi connectivity index (χ2n) is 2.81. The minimum Gasteiger partial charge on any atom is -0.448 e. The average Bonchev–Trinajstić information content (AvgIpc) is 1.83. The third-order valence-corrected chi connectivity index (χ3v) is 1.42. The molecule has 1 N–H and O–H groups in total. The molecular weight excluding hydrogens is 193 g/mol.